The molecule has 0 amide bonds. The van der Waals surface area contributed by atoms with Crippen LogP contribution in [0.3, 0.4) is 0 Å². The van der Waals surface area contributed by atoms with Crippen LogP contribution in [0.25, 0.3) is 11.4 Å². The minimum atomic E-state index is -10.7. The van der Waals surface area contributed by atoms with Crippen molar-refractivity contribution in [3.05, 3.63) is 212 Å². The van der Waals surface area contributed by atoms with Crippen molar-refractivity contribution in [3.8, 4) is 22.9 Å². The predicted molar refractivity (Wildman–Crippen MR) is 246 cm³/mol. The quantitative estimate of drug-likeness (QED) is 0.0592. The van der Waals surface area contributed by atoms with E-state index in [2.05, 4.69) is 180 Å². The van der Waals surface area contributed by atoms with Crippen LogP contribution in [-0.4, -0.2) is 16.2 Å². The Kier molecular flexibility index (Phi) is 16.1. The summed E-state index contributed by atoms with van der Waals surface area (Å²) in [6.07, 6.45) is 3.80. The second-order valence-corrected chi connectivity index (χ2v) is 20.7. The molecule has 0 saturated carbocycles. The van der Waals surface area contributed by atoms with E-state index in [-0.39, 0.29) is 17.1 Å². The van der Waals surface area contributed by atoms with Gasteiger partial charge in [-0.05, 0) is 103 Å². The molecule has 0 aliphatic carbocycles. The number of hydrogen-bond donors (Lipinski definition) is 0. The second kappa shape index (κ2) is 20.8. The van der Waals surface area contributed by atoms with Gasteiger partial charge in [0.25, 0.3) is 0 Å². The van der Waals surface area contributed by atoms with Crippen LogP contribution >= 0.6 is 35.4 Å². The van der Waals surface area contributed by atoms with Crippen LogP contribution in [0.4, 0.5) is 25.2 Å². The molecule has 6 aromatic carbocycles. The zero-order chi connectivity index (χ0) is 42.5. The molecule has 3 nitrogen and oxygen atoms in total. The van der Waals surface area contributed by atoms with Crippen molar-refractivity contribution < 1.29 is 47.0 Å². The van der Waals surface area contributed by atoms with Gasteiger partial charge in [-0.1, -0.05) is 109 Å². The first-order chi connectivity index (χ1) is 28.7. The summed E-state index contributed by atoms with van der Waals surface area (Å²) in [5, 5.41) is 8.90. The van der Waals surface area contributed by atoms with Gasteiger partial charge in [-0.25, -0.2) is 4.98 Å². The minimum Gasteiger partial charge on any atom is -0.449 e. The van der Waals surface area contributed by atoms with E-state index in [9.17, 15) is 25.2 Å². The van der Waals surface area contributed by atoms with Crippen molar-refractivity contribution in [1.82, 2.24) is 9.97 Å². The van der Waals surface area contributed by atoms with Crippen molar-refractivity contribution in [2.45, 2.75) is 5.03 Å². The summed E-state index contributed by atoms with van der Waals surface area (Å²) in [5.74, 6) is 1.85. The summed E-state index contributed by atoms with van der Waals surface area (Å²) in [6, 6.07) is 72.4. The second-order valence-electron chi connectivity index (χ2n) is 13.0. The van der Waals surface area contributed by atoms with Crippen molar-refractivity contribution >= 4 is 67.2 Å². The molecule has 2 aromatic heterocycles. The molecule has 61 heavy (non-hydrogen) atoms. The first-order valence-electron chi connectivity index (χ1n) is 18.5. The van der Waals surface area contributed by atoms with Gasteiger partial charge in [0.1, 0.15) is 47.7 Å². The van der Waals surface area contributed by atoms with Gasteiger partial charge < -0.3 is 4.74 Å². The molecule has 8 aromatic rings. The van der Waals surface area contributed by atoms with E-state index in [0.29, 0.717) is 0 Å². The van der Waals surface area contributed by atoms with Crippen LogP contribution in [0.1, 0.15) is 0 Å². The number of thioether (sulfide) groups is 1. The Hall–Kier alpha value is -4.84. The van der Waals surface area contributed by atoms with Crippen LogP contribution in [0.15, 0.2) is 217 Å². The van der Waals surface area contributed by atoms with E-state index in [1.807, 2.05) is 42.7 Å². The molecule has 0 N–H and O–H groups in total. The van der Waals surface area contributed by atoms with Gasteiger partial charge in [-0.2, -0.15) is 0 Å². The first kappa shape index (κ1) is 47.2. The number of rotatable bonds is 10. The molecule has 316 valence electrons. The fourth-order valence-corrected chi connectivity index (χ4v) is 11.9. The molecule has 0 bridgehead atoms. The molecule has 0 spiro atoms. The largest absolute Gasteiger partial charge is 1.00 e. The Morgan fingerprint density at radius 3 is 1.13 bits per heavy atom. The van der Waals surface area contributed by atoms with Gasteiger partial charge in [-0.3, -0.25) is 4.98 Å². The van der Waals surface area contributed by atoms with Crippen molar-refractivity contribution in [2.24, 2.45) is 0 Å². The van der Waals surface area contributed by atoms with E-state index >= 15 is 0 Å². The van der Waals surface area contributed by atoms with E-state index in [0.717, 1.165) is 27.9 Å². The maximum atomic E-state index is 9.87. The molecule has 8 rings (SSSR count). The predicted octanol–water partition coefficient (Wildman–Crippen LogP) is 12.7. The zero-order valence-corrected chi connectivity index (χ0v) is 37.1. The third-order valence-corrected chi connectivity index (χ3v) is 14.8. The maximum absolute atomic E-state index is 10.7. The number of aromatic nitrogens is 2. The fraction of sp³-hybridized carbons (Fsp3) is 0.0213. The summed E-state index contributed by atoms with van der Waals surface area (Å²) < 4.78 is 66.1. The summed E-state index contributed by atoms with van der Waals surface area (Å²) in [4.78, 5) is 8.71. The molecule has 0 aliphatic heterocycles. The summed E-state index contributed by atoms with van der Waals surface area (Å²) in [5.41, 5.74) is 1.85. The fourth-order valence-electron chi connectivity index (χ4n) is 6.20. The topological polar surface area (TPSA) is 35.0 Å². The van der Waals surface area contributed by atoms with Crippen molar-refractivity contribution in [2.75, 3.05) is 6.26 Å². The van der Waals surface area contributed by atoms with E-state index in [1.165, 1.54) is 31.8 Å². The number of benzene rings is 6. The van der Waals surface area contributed by atoms with Crippen LogP contribution in [0, 0.1) is 0 Å². The van der Waals surface area contributed by atoms with E-state index < -0.39 is 23.7 Å². The van der Waals surface area contributed by atoms with Crippen LogP contribution < -0.4 is 36.6 Å². The number of nitrogens with zero attached hydrogens (tertiary/aromatic N) is 2. The maximum Gasteiger partial charge on any atom is 1.00 e. The van der Waals surface area contributed by atoms with Gasteiger partial charge in [0, 0.05) is 6.20 Å². The molecule has 14 heteroatoms. The number of halogens is 6. The zero-order valence-electron chi connectivity index (χ0n) is 32.4. The third kappa shape index (κ3) is 15.2. The monoisotopic (exact) mass is 950 g/mol. The Bertz CT molecular complexity index is 2360. The Morgan fingerprint density at radius 2 is 0.770 bits per heavy atom. The Morgan fingerprint density at radius 1 is 0.426 bits per heavy atom. The average Bonchev–Trinajstić information content (AvgIpc) is 3.26. The molecule has 2 heterocycles. The minimum absolute atomic E-state index is 0. The van der Waals surface area contributed by atoms with Gasteiger partial charge in [0.15, 0.2) is 11.5 Å². The van der Waals surface area contributed by atoms with Crippen molar-refractivity contribution in [3.63, 3.8) is 0 Å². The Balaban J connectivity index is 0.000000263. The molecule has 0 radical (unpaired) electrons. The molecular weight excluding hydrogens is 911 g/mol. The van der Waals surface area contributed by atoms with E-state index in [4.69, 9.17) is 4.74 Å². The number of hydrogen-bond acceptors (Lipinski definition) is 4. The average molecular weight is 951 g/mol. The number of pyridine rings is 2. The van der Waals surface area contributed by atoms with Gasteiger partial charge in [0.05, 0.1) is 16.4 Å². The standard InChI is InChI=1S/C36H28OP2.C11H10N2S.Cu.F6P/c1-5-17-29(18-6-1)38(30-19-7-2-8-20-30)35-27-15-13-25-33(35)37-34-26-14-16-28-36(34)39(31-21-9-3-10-22-31)32-23-11-4-12-24-32;1-14-11-7-4-6-10(13-11)9-5-2-3-8-12-9;;1-7(2,3,4,5)6/h1-28H;2-8H,1H3;;/q;;+1;-1/p+2. The molecule has 0 atom stereocenters. The molecular formula is C47H40CuF6N2OP3S+2. The smallest absolute Gasteiger partial charge is 0.449 e. The van der Waals surface area contributed by atoms with Crippen LogP contribution in [0.5, 0.6) is 11.5 Å². The van der Waals surface area contributed by atoms with Gasteiger partial charge in [-0.15, -0.1) is 11.8 Å². The number of para-hydroxylation sites is 2. The molecule has 0 fully saturated rings. The third-order valence-electron chi connectivity index (χ3n) is 8.64. The van der Waals surface area contributed by atoms with Gasteiger partial charge >= 0.3 is 50.1 Å². The number of ether oxygens (including phenoxy) is 1. The van der Waals surface area contributed by atoms with Crippen LogP contribution in [-0.2, 0) is 17.1 Å². The van der Waals surface area contributed by atoms with E-state index in [1.54, 1.807) is 18.0 Å². The summed E-state index contributed by atoms with van der Waals surface area (Å²) >= 11 is 1.64. The molecule has 0 aliphatic rings. The normalized spacial score (nSPS) is 12.0. The van der Waals surface area contributed by atoms with Crippen LogP contribution in [0.2, 0.25) is 0 Å². The molecule has 0 saturated heterocycles. The first-order valence-corrected chi connectivity index (χ1v) is 24.8. The summed E-state index contributed by atoms with van der Waals surface area (Å²) in [6.45, 7) is 0. The Labute approximate surface area is 368 Å². The van der Waals surface area contributed by atoms with Crippen molar-refractivity contribution in [1.29, 1.82) is 0 Å². The summed E-state index contributed by atoms with van der Waals surface area (Å²) in [7, 11) is -13.2. The van der Waals surface area contributed by atoms with Gasteiger partial charge in [0.2, 0.25) is 0 Å². The SMILES string of the molecule is CSc1cccc(-c2ccccn2)n1.F[P-](F)(F)(F)(F)F.[Cu+].c1ccc([PH+](c2ccccc2)c2ccccc2Oc2ccccc2[PH+](c2ccccc2)c2ccccc2)cc1. The molecule has 0 unspecified atom stereocenters.